The van der Waals surface area contributed by atoms with Gasteiger partial charge in [-0.05, 0) is 12.2 Å². The van der Waals surface area contributed by atoms with Crippen LogP contribution in [0.5, 0.6) is 0 Å². The zero-order valence-electron chi connectivity index (χ0n) is 9.85. The van der Waals surface area contributed by atoms with Crippen molar-refractivity contribution in [3.05, 3.63) is 46.5 Å². The summed E-state index contributed by atoms with van der Waals surface area (Å²) in [5.41, 5.74) is -0.531. The molecule has 2 N–H and O–H groups in total. The summed E-state index contributed by atoms with van der Waals surface area (Å²) in [4.78, 5) is 48.1. The lowest BCUT2D eigenvalue weighted by Crippen LogP contribution is -2.52. The van der Waals surface area contributed by atoms with E-state index in [9.17, 15) is 19.2 Å². The van der Waals surface area contributed by atoms with Crippen molar-refractivity contribution < 1.29 is 19.2 Å². The van der Waals surface area contributed by atoms with Gasteiger partial charge in [-0.15, -0.1) is 0 Å². The van der Waals surface area contributed by atoms with Crippen LogP contribution in [0.3, 0.4) is 0 Å². The van der Waals surface area contributed by atoms with Gasteiger partial charge in [-0.2, -0.15) is 0 Å². The molecule has 1 aliphatic carbocycles. The van der Waals surface area contributed by atoms with Crippen LogP contribution in [0.25, 0.3) is 0 Å². The van der Waals surface area contributed by atoms with Gasteiger partial charge in [0.15, 0.2) is 16.7 Å². The van der Waals surface area contributed by atoms with E-state index in [1.807, 2.05) is 0 Å². The third-order valence-corrected chi connectivity index (χ3v) is 3.23. The standard InChI is InChI=1S/C13H6N2O4S/c16-9-5-3-1-2-4-6(5)10(17)7(9)8-11(18)14-13(20)15-12(8)19/h1-4H,(H2,14,15,18,19,20). The molecule has 1 aromatic carbocycles. The molecule has 20 heavy (non-hydrogen) atoms. The largest absolute Gasteiger partial charge is 0.299 e. The van der Waals surface area contributed by atoms with Crippen molar-refractivity contribution in [2.75, 3.05) is 0 Å². The topological polar surface area (TPSA) is 92.3 Å². The maximum atomic E-state index is 12.2. The van der Waals surface area contributed by atoms with Gasteiger partial charge in [0.05, 0.1) is 5.57 Å². The molecule has 6 nitrogen and oxygen atoms in total. The predicted molar refractivity (Wildman–Crippen MR) is 71.0 cm³/mol. The summed E-state index contributed by atoms with van der Waals surface area (Å²) >= 11 is 4.66. The Balaban J connectivity index is 2.21. The normalized spacial score (nSPS) is 18.1. The fourth-order valence-corrected chi connectivity index (χ4v) is 2.36. The van der Waals surface area contributed by atoms with E-state index in [2.05, 4.69) is 22.9 Å². The van der Waals surface area contributed by atoms with E-state index < -0.39 is 34.5 Å². The number of thiocarbonyl (C=S) groups is 1. The molecule has 0 unspecified atom stereocenters. The van der Waals surface area contributed by atoms with Crippen LogP contribution in [0, 0.1) is 0 Å². The van der Waals surface area contributed by atoms with Gasteiger partial charge in [0, 0.05) is 11.1 Å². The second-order valence-corrected chi connectivity index (χ2v) is 4.60. The van der Waals surface area contributed by atoms with E-state index in [-0.39, 0.29) is 16.2 Å². The molecule has 0 saturated carbocycles. The van der Waals surface area contributed by atoms with Gasteiger partial charge in [0.1, 0.15) is 5.57 Å². The van der Waals surface area contributed by atoms with Crippen LogP contribution < -0.4 is 10.6 Å². The molecule has 0 aromatic heterocycles. The lowest BCUT2D eigenvalue weighted by Gasteiger charge is -2.17. The lowest BCUT2D eigenvalue weighted by atomic mass is 10.0. The van der Waals surface area contributed by atoms with Crippen molar-refractivity contribution in [2.45, 2.75) is 0 Å². The Morgan fingerprint density at radius 3 is 1.65 bits per heavy atom. The van der Waals surface area contributed by atoms with Crippen LogP contribution in [-0.4, -0.2) is 28.5 Å². The molecule has 3 rings (SSSR count). The summed E-state index contributed by atoms with van der Waals surface area (Å²) in [5, 5.41) is 4.25. The zero-order chi connectivity index (χ0) is 14.4. The number of nitrogens with one attached hydrogen (secondary N) is 2. The first kappa shape index (κ1) is 12.4. The number of hydrogen-bond donors (Lipinski definition) is 2. The molecule has 0 radical (unpaired) electrons. The second kappa shape index (κ2) is 4.17. The Bertz CT molecular complexity index is 704. The molecule has 1 fully saturated rings. The highest BCUT2D eigenvalue weighted by Crippen LogP contribution is 2.28. The monoisotopic (exact) mass is 286 g/mol. The molecule has 1 aliphatic heterocycles. The van der Waals surface area contributed by atoms with Gasteiger partial charge in [-0.25, -0.2) is 0 Å². The highest BCUT2D eigenvalue weighted by molar-refractivity contribution is 7.80. The number of allylic oxidation sites excluding steroid dienone is 1. The third-order valence-electron chi connectivity index (χ3n) is 3.03. The second-order valence-electron chi connectivity index (χ2n) is 4.19. The van der Waals surface area contributed by atoms with Crippen LogP contribution in [0.2, 0.25) is 0 Å². The smallest absolute Gasteiger partial charge is 0.263 e. The van der Waals surface area contributed by atoms with Gasteiger partial charge < -0.3 is 0 Å². The zero-order valence-corrected chi connectivity index (χ0v) is 10.7. The predicted octanol–water partition coefficient (Wildman–Crippen LogP) is -0.107. The number of ketones is 2. The molecule has 1 heterocycles. The Morgan fingerprint density at radius 1 is 0.750 bits per heavy atom. The number of carbonyl (C=O) groups excluding carboxylic acids is 4. The fraction of sp³-hybridized carbons (Fsp3) is 0. The third kappa shape index (κ3) is 1.60. The Hall–Kier alpha value is -2.67. The summed E-state index contributed by atoms with van der Waals surface area (Å²) in [5.74, 6) is -2.94. The number of carbonyl (C=O) groups is 4. The van der Waals surface area contributed by atoms with Crippen molar-refractivity contribution in [3.8, 4) is 0 Å². The van der Waals surface area contributed by atoms with E-state index in [0.29, 0.717) is 0 Å². The van der Waals surface area contributed by atoms with E-state index in [4.69, 9.17) is 0 Å². The van der Waals surface area contributed by atoms with E-state index in [0.717, 1.165) is 0 Å². The van der Waals surface area contributed by atoms with Crippen molar-refractivity contribution in [3.63, 3.8) is 0 Å². The van der Waals surface area contributed by atoms with Crippen LogP contribution in [0.15, 0.2) is 35.4 Å². The molecular formula is C13H6N2O4S. The van der Waals surface area contributed by atoms with Gasteiger partial charge in [0.2, 0.25) is 0 Å². The molecule has 1 aromatic rings. The molecule has 0 spiro atoms. The van der Waals surface area contributed by atoms with Gasteiger partial charge in [0.25, 0.3) is 11.8 Å². The number of rotatable bonds is 0. The number of amides is 2. The van der Waals surface area contributed by atoms with Crippen LogP contribution in [0.4, 0.5) is 0 Å². The highest BCUT2D eigenvalue weighted by atomic mass is 32.1. The van der Waals surface area contributed by atoms with Crippen molar-refractivity contribution in [2.24, 2.45) is 0 Å². The Labute approximate surface area is 117 Å². The molecule has 0 atom stereocenters. The van der Waals surface area contributed by atoms with Gasteiger partial charge in [-0.3, -0.25) is 29.8 Å². The Kier molecular flexibility index (Phi) is 2.58. The van der Waals surface area contributed by atoms with E-state index >= 15 is 0 Å². The van der Waals surface area contributed by atoms with Gasteiger partial charge in [-0.1, -0.05) is 24.3 Å². The molecule has 1 saturated heterocycles. The van der Waals surface area contributed by atoms with Crippen LogP contribution >= 0.6 is 12.2 Å². The van der Waals surface area contributed by atoms with Crippen molar-refractivity contribution in [1.82, 2.24) is 10.6 Å². The van der Waals surface area contributed by atoms with Crippen LogP contribution in [0.1, 0.15) is 20.7 Å². The molecule has 0 bridgehead atoms. The van der Waals surface area contributed by atoms with E-state index in [1.54, 1.807) is 12.1 Å². The molecule has 2 aliphatic rings. The molecular weight excluding hydrogens is 280 g/mol. The summed E-state index contributed by atoms with van der Waals surface area (Å²) < 4.78 is 0. The average Bonchev–Trinajstić information content (AvgIpc) is 2.64. The maximum absolute atomic E-state index is 12.2. The summed E-state index contributed by atoms with van der Waals surface area (Å²) in [6, 6.07) is 6.17. The highest BCUT2D eigenvalue weighted by Gasteiger charge is 2.41. The summed E-state index contributed by atoms with van der Waals surface area (Å²) in [6.07, 6.45) is 0. The SMILES string of the molecule is O=C1NC(=S)NC(=O)C1=C1C(=O)c2ccccc2C1=O. The summed E-state index contributed by atoms with van der Waals surface area (Å²) in [6.45, 7) is 0. The average molecular weight is 286 g/mol. The van der Waals surface area contributed by atoms with E-state index in [1.165, 1.54) is 12.1 Å². The quantitative estimate of drug-likeness (QED) is 0.394. The molecule has 98 valence electrons. The lowest BCUT2D eigenvalue weighted by molar-refractivity contribution is -0.123. The molecule has 7 heteroatoms. The first-order valence-corrected chi connectivity index (χ1v) is 6.01. The first-order chi connectivity index (χ1) is 9.50. The maximum Gasteiger partial charge on any atom is 0.263 e. The number of fused-ring (bicyclic) bond motifs is 1. The first-order valence-electron chi connectivity index (χ1n) is 5.60. The summed E-state index contributed by atoms with van der Waals surface area (Å²) in [7, 11) is 0. The van der Waals surface area contributed by atoms with Gasteiger partial charge >= 0.3 is 0 Å². The fourth-order valence-electron chi connectivity index (χ4n) is 2.17. The number of Topliss-reactive ketones (excluding diaryl/α,β-unsaturated/α-hetero) is 2. The van der Waals surface area contributed by atoms with Crippen molar-refractivity contribution in [1.29, 1.82) is 0 Å². The Morgan fingerprint density at radius 2 is 1.20 bits per heavy atom. The van der Waals surface area contributed by atoms with Crippen LogP contribution in [-0.2, 0) is 9.59 Å². The number of benzene rings is 1. The minimum atomic E-state index is -0.844. The number of hydrogen-bond acceptors (Lipinski definition) is 5. The molecule has 2 amide bonds. The van der Waals surface area contributed by atoms with Crippen molar-refractivity contribution >= 4 is 40.7 Å². The minimum Gasteiger partial charge on any atom is -0.299 e. The minimum absolute atomic E-state index is 0.153.